The molecule has 1 aliphatic heterocycles. The van der Waals surface area contributed by atoms with Crippen LogP contribution in [0.25, 0.3) is 0 Å². The number of ether oxygens (including phenoxy) is 2. The summed E-state index contributed by atoms with van der Waals surface area (Å²) in [7, 11) is 0. The molecule has 1 heterocycles. The zero-order chi connectivity index (χ0) is 16.6. The molecule has 2 aromatic rings. The first-order valence-corrected chi connectivity index (χ1v) is 8.79. The van der Waals surface area contributed by atoms with Gasteiger partial charge < -0.3 is 9.47 Å². The minimum atomic E-state index is -0.311. The van der Waals surface area contributed by atoms with E-state index in [0.717, 1.165) is 22.8 Å². The van der Waals surface area contributed by atoms with Gasteiger partial charge in [-0.3, -0.25) is 4.79 Å². The number of para-hydroxylation sites is 1. The highest BCUT2D eigenvalue weighted by molar-refractivity contribution is 8.00. The van der Waals surface area contributed by atoms with Gasteiger partial charge in [-0.1, -0.05) is 30.3 Å². The highest BCUT2D eigenvalue weighted by Gasteiger charge is 2.19. The predicted octanol–water partition coefficient (Wildman–Crippen LogP) is 2.71. The zero-order valence-electron chi connectivity index (χ0n) is 13.1. The second kappa shape index (κ2) is 8.40. The fraction of sp³-hybridized carbons (Fsp3) is 0.222. The van der Waals surface area contributed by atoms with E-state index < -0.39 is 0 Å². The molecule has 24 heavy (non-hydrogen) atoms. The molecule has 1 fully saturated rings. The molecule has 3 rings (SSSR count). The number of nitrogens with one attached hydrogen (secondary N) is 1. The Hall–Kier alpha value is -2.47. The first-order chi connectivity index (χ1) is 11.8. The molecule has 0 unspecified atom stereocenters. The van der Waals surface area contributed by atoms with E-state index in [1.54, 1.807) is 18.3 Å². The SMILES string of the molecule is O=C(COc1ccccc1)N/N=C\c1cccc(OC2CSC2)c1. The average Bonchev–Trinajstić information content (AvgIpc) is 2.58. The van der Waals surface area contributed by atoms with Gasteiger partial charge in [0.2, 0.25) is 0 Å². The predicted molar refractivity (Wildman–Crippen MR) is 95.9 cm³/mol. The Morgan fingerprint density at radius 1 is 1.17 bits per heavy atom. The Bertz CT molecular complexity index is 702. The number of carbonyl (C=O) groups is 1. The lowest BCUT2D eigenvalue weighted by Crippen LogP contribution is -2.31. The molecule has 1 N–H and O–H groups in total. The van der Waals surface area contributed by atoms with E-state index in [9.17, 15) is 4.79 Å². The Morgan fingerprint density at radius 3 is 2.71 bits per heavy atom. The molecule has 0 atom stereocenters. The third-order valence-corrected chi connectivity index (χ3v) is 4.50. The lowest BCUT2D eigenvalue weighted by atomic mass is 10.2. The standard InChI is InChI=1S/C18H18N2O3S/c21-18(11-22-15-6-2-1-3-7-15)20-19-10-14-5-4-8-16(9-14)23-17-12-24-13-17/h1-10,17H,11-13H2,(H,20,21)/b19-10-. The summed E-state index contributed by atoms with van der Waals surface area (Å²) < 4.78 is 11.2. The summed E-state index contributed by atoms with van der Waals surface area (Å²) in [6.45, 7) is -0.0795. The van der Waals surface area contributed by atoms with Crippen molar-refractivity contribution in [3.05, 3.63) is 60.2 Å². The number of hydrogen-bond acceptors (Lipinski definition) is 5. The van der Waals surface area contributed by atoms with Crippen LogP contribution in [-0.4, -0.2) is 36.3 Å². The van der Waals surface area contributed by atoms with Gasteiger partial charge in [0.15, 0.2) is 6.61 Å². The number of rotatable bonds is 7. The molecule has 124 valence electrons. The number of carbonyl (C=O) groups excluding carboxylic acids is 1. The van der Waals surface area contributed by atoms with E-state index >= 15 is 0 Å². The van der Waals surface area contributed by atoms with E-state index in [2.05, 4.69) is 10.5 Å². The number of thioether (sulfide) groups is 1. The van der Waals surface area contributed by atoms with Crippen LogP contribution in [0.4, 0.5) is 0 Å². The highest BCUT2D eigenvalue weighted by atomic mass is 32.2. The van der Waals surface area contributed by atoms with Gasteiger partial charge in [0.05, 0.1) is 6.21 Å². The minimum absolute atomic E-state index is 0.0795. The van der Waals surface area contributed by atoms with Crippen LogP contribution in [0.1, 0.15) is 5.56 Å². The molecule has 0 aromatic heterocycles. The highest BCUT2D eigenvalue weighted by Crippen LogP contribution is 2.24. The first kappa shape index (κ1) is 16.4. The average molecular weight is 342 g/mol. The third-order valence-electron chi connectivity index (χ3n) is 3.28. The normalized spacial score (nSPS) is 14.2. The number of hydrazone groups is 1. The van der Waals surface area contributed by atoms with Crippen molar-refractivity contribution in [3.63, 3.8) is 0 Å². The Kier molecular flexibility index (Phi) is 5.74. The van der Waals surface area contributed by atoms with Crippen LogP contribution in [0.15, 0.2) is 59.7 Å². The van der Waals surface area contributed by atoms with E-state index in [1.165, 1.54) is 0 Å². The maximum atomic E-state index is 11.7. The maximum Gasteiger partial charge on any atom is 0.277 e. The Balaban J connectivity index is 1.45. The Labute approximate surface area is 145 Å². The Morgan fingerprint density at radius 2 is 1.96 bits per heavy atom. The molecular formula is C18H18N2O3S. The van der Waals surface area contributed by atoms with E-state index in [-0.39, 0.29) is 12.5 Å². The number of hydrogen-bond donors (Lipinski definition) is 1. The lowest BCUT2D eigenvalue weighted by Gasteiger charge is -2.25. The van der Waals surface area contributed by atoms with Gasteiger partial charge in [0.25, 0.3) is 5.91 Å². The first-order valence-electron chi connectivity index (χ1n) is 7.64. The van der Waals surface area contributed by atoms with Crippen molar-refractivity contribution < 1.29 is 14.3 Å². The molecule has 0 saturated carbocycles. The van der Waals surface area contributed by atoms with Crippen LogP contribution in [0, 0.1) is 0 Å². The van der Waals surface area contributed by atoms with E-state index in [0.29, 0.717) is 11.9 Å². The summed E-state index contributed by atoms with van der Waals surface area (Å²) in [5.74, 6) is 3.23. The second-order valence-electron chi connectivity index (χ2n) is 5.24. The molecule has 0 aliphatic carbocycles. The summed E-state index contributed by atoms with van der Waals surface area (Å²) in [6.07, 6.45) is 1.89. The fourth-order valence-electron chi connectivity index (χ4n) is 2.02. The zero-order valence-corrected chi connectivity index (χ0v) is 13.9. The largest absolute Gasteiger partial charge is 0.489 e. The minimum Gasteiger partial charge on any atom is -0.489 e. The molecular weight excluding hydrogens is 324 g/mol. The monoisotopic (exact) mass is 342 g/mol. The van der Waals surface area contributed by atoms with E-state index in [1.807, 2.05) is 54.2 Å². The number of nitrogens with zero attached hydrogens (tertiary/aromatic N) is 1. The molecule has 0 bridgehead atoms. The molecule has 0 radical (unpaired) electrons. The van der Waals surface area contributed by atoms with Crippen molar-refractivity contribution in [2.45, 2.75) is 6.10 Å². The van der Waals surface area contributed by atoms with Crippen LogP contribution < -0.4 is 14.9 Å². The van der Waals surface area contributed by atoms with Gasteiger partial charge in [0, 0.05) is 11.5 Å². The van der Waals surface area contributed by atoms with Gasteiger partial charge >= 0.3 is 0 Å². The molecule has 5 nitrogen and oxygen atoms in total. The van der Waals surface area contributed by atoms with Crippen LogP contribution in [-0.2, 0) is 4.79 Å². The summed E-state index contributed by atoms with van der Waals surface area (Å²) in [5.41, 5.74) is 3.31. The smallest absolute Gasteiger partial charge is 0.277 e. The summed E-state index contributed by atoms with van der Waals surface area (Å²) in [6, 6.07) is 16.8. The number of benzene rings is 2. The lowest BCUT2D eigenvalue weighted by molar-refractivity contribution is -0.123. The second-order valence-corrected chi connectivity index (χ2v) is 6.32. The van der Waals surface area contributed by atoms with Crippen molar-refractivity contribution in [2.24, 2.45) is 5.10 Å². The molecule has 0 spiro atoms. The van der Waals surface area contributed by atoms with Crippen molar-refractivity contribution in [1.82, 2.24) is 5.43 Å². The topological polar surface area (TPSA) is 59.9 Å². The summed E-state index contributed by atoms with van der Waals surface area (Å²) in [4.78, 5) is 11.7. The van der Waals surface area contributed by atoms with Crippen molar-refractivity contribution in [2.75, 3.05) is 18.1 Å². The number of amides is 1. The molecule has 6 heteroatoms. The van der Waals surface area contributed by atoms with Crippen LogP contribution >= 0.6 is 11.8 Å². The van der Waals surface area contributed by atoms with Gasteiger partial charge in [-0.25, -0.2) is 5.43 Å². The van der Waals surface area contributed by atoms with Crippen molar-refractivity contribution >= 4 is 23.9 Å². The molecule has 2 aromatic carbocycles. The molecule has 1 amide bonds. The van der Waals surface area contributed by atoms with Crippen molar-refractivity contribution in [3.8, 4) is 11.5 Å². The third kappa shape index (κ3) is 5.03. The van der Waals surface area contributed by atoms with Crippen LogP contribution in [0.3, 0.4) is 0 Å². The quantitative estimate of drug-likeness (QED) is 0.621. The van der Waals surface area contributed by atoms with Crippen LogP contribution in [0.5, 0.6) is 11.5 Å². The molecule has 1 saturated heterocycles. The van der Waals surface area contributed by atoms with Crippen LogP contribution in [0.2, 0.25) is 0 Å². The summed E-state index contributed by atoms with van der Waals surface area (Å²) >= 11 is 1.88. The summed E-state index contributed by atoms with van der Waals surface area (Å²) in [5, 5.41) is 3.94. The van der Waals surface area contributed by atoms with Gasteiger partial charge in [-0.2, -0.15) is 16.9 Å². The van der Waals surface area contributed by atoms with Crippen molar-refractivity contribution in [1.29, 1.82) is 0 Å². The maximum absolute atomic E-state index is 11.7. The fourth-order valence-corrected chi connectivity index (χ4v) is 2.58. The van der Waals surface area contributed by atoms with Gasteiger partial charge in [-0.15, -0.1) is 0 Å². The van der Waals surface area contributed by atoms with Gasteiger partial charge in [-0.05, 0) is 29.8 Å². The van der Waals surface area contributed by atoms with Gasteiger partial charge in [0.1, 0.15) is 17.6 Å². The molecule has 1 aliphatic rings. The van der Waals surface area contributed by atoms with E-state index in [4.69, 9.17) is 9.47 Å².